The maximum Gasteiger partial charge on any atom is 0.125 e. The number of methoxy groups -OCH3 is 1. The van der Waals surface area contributed by atoms with E-state index in [1.165, 1.54) is 0 Å². The van der Waals surface area contributed by atoms with Crippen LogP contribution in [0.15, 0.2) is 24.3 Å². The molecule has 0 bridgehead atoms. The van der Waals surface area contributed by atoms with Crippen molar-refractivity contribution in [2.24, 2.45) is 11.8 Å². The van der Waals surface area contributed by atoms with Gasteiger partial charge in [-0.15, -0.1) is 0 Å². The molecule has 0 unspecified atom stereocenters. The molecule has 1 N–H and O–H groups in total. The zero-order valence-electron chi connectivity index (χ0n) is 11.2. The Balaban J connectivity index is 2.06. The molecule has 1 saturated carbocycles. The molecule has 0 saturated heterocycles. The minimum Gasteiger partial charge on any atom is -0.497 e. The summed E-state index contributed by atoms with van der Waals surface area (Å²) >= 11 is 0. The van der Waals surface area contributed by atoms with Crippen molar-refractivity contribution >= 4 is 5.69 Å². The first-order valence-electron chi connectivity index (χ1n) is 6.42. The van der Waals surface area contributed by atoms with Crippen LogP contribution in [0.25, 0.3) is 0 Å². The third kappa shape index (κ3) is 2.43. The summed E-state index contributed by atoms with van der Waals surface area (Å²) in [5.74, 6) is 2.12. The summed E-state index contributed by atoms with van der Waals surface area (Å²) in [6, 6.07) is 10.2. The molecule has 96 valence electrons. The van der Waals surface area contributed by atoms with E-state index >= 15 is 0 Å². The molecule has 0 spiro atoms. The van der Waals surface area contributed by atoms with Gasteiger partial charge in [0.05, 0.1) is 13.2 Å². The Morgan fingerprint density at radius 3 is 2.72 bits per heavy atom. The summed E-state index contributed by atoms with van der Waals surface area (Å²) in [6.45, 7) is 4.44. The highest BCUT2D eigenvalue weighted by Crippen LogP contribution is 2.44. The van der Waals surface area contributed by atoms with Gasteiger partial charge in [-0.2, -0.15) is 5.26 Å². The number of hydrogen-bond donors (Lipinski definition) is 1. The normalized spacial score (nSPS) is 26.3. The number of anilines is 1. The predicted molar refractivity (Wildman–Crippen MR) is 72.5 cm³/mol. The molecule has 3 heteroatoms. The highest BCUT2D eigenvalue weighted by molar-refractivity contribution is 5.52. The predicted octanol–water partition coefficient (Wildman–Crippen LogP) is 3.44. The number of nitriles is 1. The molecule has 3 nitrogen and oxygen atoms in total. The van der Waals surface area contributed by atoms with Gasteiger partial charge in [-0.05, 0) is 36.8 Å². The van der Waals surface area contributed by atoms with Crippen molar-refractivity contribution in [3.05, 3.63) is 24.3 Å². The van der Waals surface area contributed by atoms with Crippen LogP contribution in [-0.2, 0) is 0 Å². The second-order valence-corrected chi connectivity index (χ2v) is 5.46. The lowest BCUT2D eigenvalue weighted by Crippen LogP contribution is -2.50. The van der Waals surface area contributed by atoms with Crippen LogP contribution in [0.5, 0.6) is 5.75 Å². The van der Waals surface area contributed by atoms with E-state index in [2.05, 4.69) is 25.2 Å². The van der Waals surface area contributed by atoms with Crippen molar-refractivity contribution in [3.63, 3.8) is 0 Å². The second kappa shape index (κ2) is 4.89. The van der Waals surface area contributed by atoms with Gasteiger partial charge in [0.25, 0.3) is 0 Å². The van der Waals surface area contributed by atoms with Crippen LogP contribution in [0.2, 0.25) is 0 Å². The SMILES string of the molecule is COc1cccc(NC2(C#N)CC(C(C)C)C2)c1. The Labute approximate surface area is 109 Å². The first-order valence-corrected chi connectivity index (χ1v) is 6.42. The molecule has 1 aliphatic rings. The van der Waals surface area contributed by atoms with E-state index in [-0.39, 0.29) is 5.54 Å². The van der Waals surface area contributed by atoms with Crippen molar-refractivity contribution < 1.29 is 4.74 Å². The molecule has 1 fully saturated rings. The molecule has 0 atom stereocenters. The lowest BCUT2D eigenvalue weighted by molar-refractivity contribution is 0.165. The van der Waals surface area contributed by atoms with Crippen molar-refractivity contribution in [2.45, 2.75) is 32.2 Å². The average Bonchev–Trinajstić information content (AvgIpc) is 2.33. The van der Waals surface area contributed by atoms with Crippen LogP contribution >= 0.6 is 0 Å². The Hall–Kier alpha value is -1.69. The van der Waals surface area contributed by atoms with Gasteiger partial charge < -0.3 is 10.1 Å². The minimum absolute atomic E-state index is 0.388. The Kier molecular flexibility index (Phi) is 3.47. The van der Waals surface area contributed by atoms with E-state index in [4.69, 9.17) is 4.74 Å². The van der Waals surface area contributed by atoms with Crippen LogP contribution < -0.4 is 10.1 Å². The van der Waals surface area contributed by atoms with Crippen molar-refractivity contribution in [1.29, 1.82) is 5.26 Å². The third-order valence-corrected chi connectivity index (χ3v) is 3.83. The van der Waals surface area contributed by atoms with E-state index in [0.29, 0.717) is 11.8 Å². The maximum atomic E-state index is 9.38. The van der Waals surface area contributed by atoms with Crippen molar-refractivity contribution in [1.82, 2.24) is 0 Å². The van der Waals surface area contributed by atoms with E-state index in [0.717, 1.165) is 24.3 Å². The molecule has 0 aromatic heterocycles. The average molecular weight is 244 g/mol. The highest BCUT2D eigenvalue weighted by Gasteiger charge is 2.45. The number of rotatable bonds is 4. The quantitative estimate of drug-likeness (QED) is 0.882. The zero-order chi connectivity index (χ0) is 13.2. The van der Waals surface area contributed by atoms with Gasteiger partial charge in [-0.25, -0.2) is 0 Å². The van der Waals surface area contributed by atoms with Crippen LogP contribution in [-0.4, -0.2) is 12.6 Å². The van der Waals surface area contributed by atoms with Gasteiger partial charge in [-0.1, -0.05) is 19.9 Å². The standard InChI is InChI=1S/C15H20N2O/c1-11(2)12-8-15(9-12,10-16)17-13-5-4-6-14(7-13)18-3/h4-7,11-12,17H,8-9H2,1-3H3. The monoisotopic (exact) mass is 244 g/mol. The zero-order valence-corrected chi connectivity index (χ0v) is 11.2. The van der Waals surface area contributed by atoms with Crippen LogP contribution in [0.4, 0.5) is 5.69 Å². The lowest BCUT2D eigenvalue weighted by Gasteiger charge is -2.45. The van der Waals surface area contributed by atoms with Gasteiger partial charge in [0.2, 0.25) is 0 Å². The molecular weight excluding hydrogens is 224 g/mol. The van der Waals surface area contributed by atoms with Gasteiger partial charge in [0.1, 0.15) is 11.3 Å². The highest BCUT2D eigenvalue weighted by atomic mass is 16.5. The Morgan fingerprint density at radius 2 is 2.17 bits per heavy atom. The summed E-state index contributed by atoms with van der Waals surface area (Å²) < 4.78 is 5.19. The lowest BCUT2D eigenvalue weighted by atomic mass is 9.64. The van der Waals surface area contributed by atoms with Crippen molar-refractivity contribution in [3.8, 4) is 11.8 Å². The molecule has 0 amide bonds. The molecule has 1 aromatic rings. The first-order chi connectivity index (χ1) is 8.58. The Bertz CT molecular complexity index is 456. The second-order valence-electron chi connectivity index (χ2n) is 5.46. The fraction of sp³-hybridized carbons (Fsp3) is 0.533. The largest absolute Gasteiger partial charge is 0.497 e. The summed E-state index contributed by atoms with van der Waals surface area (Å²) in [4.78, 5) is 0. The Morgan fingerprint density at radius 1 is 1.44 bits per heavy atom. The maximum absolute atomic E-state index is 9.38. The fourth-order valence-electron chi connectivity index (χ4n) is 2.51. The summed E-state index contributed by atoms with van der Waals surface area (Å²) in [7, 11) is 1.65. The molecular formula is C15H20N2O. The fourth-order valence-corrected chi connectivity index (χ4v) is 2.51. The van der Waals surface area contributed by atoms with Crippen molar-refractivity contribution in [2.75, 3.05) is 12.4 Å². The van der Waals surface area contributed by atoms with E-state index in [1.54, 1.807) is 7.11 Å². The molecule has 0 heterocycles. The van der Waals surface area contributed by atoms with Gasteiger partial charge in [-0.3, -0.25) is 0 Å². The molecule has 2 rings (SSSR count). The van der Waals surface area contributed by atoms with Gasteiger partial charge in [0, 0.05) is 11.8 Å². The summed E-state index contributed by atoms with van der Waals surface area (Å²) in [5, 5.41) is 12.7. The van der Waals surface area contributed by atoms with E-state index in [1.807, 2.05) is 24.3 Å². The van der Waals surface area contributed by atoms with E-state index in [9.17, 15) is 5.26 Å². The molecule has 1 aromatic carbocycles. The number of ether oxygens (including phenoxy) is 1. The first kappa shape index (κ1) is 12.8. The van der Waals surface area contributed by atoms with Crippen LogP contribution in [0.1, 0.15) is 26.7 Å². The number of benzene rings is 1. The van der Waals surface area contributed by atoms with Gasteiger partial charge >= 0.3 is 0 Å². The number of nitrogens with one attached hydrogen (secondary N) is 1. The topological polar surface area (TPSA) is 45.0 Å². The number of nitrogens with zero attached hydrogens (tertiary/aromatic N) is 1. The summed E-state index contributed by atoms with van der Waals surface area (Å²) in [6.07, 6.45) is 1.86. The van der Waals surface area contributed by atoms with E-state index < -0.39 is 0 Å². The number of hydrogen-bond acceptors (Lipinski definition) is 3. The smallest absolute Gasteiger partial charge is 0.125 e. The van der Waals surface area contributed by atoms with Crippen LogP contribution in [0.3, 0.4) is 0 Å². The molecule has 18 heavy (non-hydrogen) atoms. The summed E-state index contributed by atoms with van der Waals surface area (Å²) in [5.41, 5.74) is 0.569. The minimum atomic E-state index is -0.388. The third-order valence-electron chi connectivity index (χ3n) is 3.83. The molecule has 1 aliphatic carbocycles. The van der Waals surface area contributed by atoms with Gasteiger partial charge in [0.15, 0.2) is 0 Å². The molecule has 0 aliphatic heterocycles. The molecule has 0 radical (unpaired) electrons. The van der Waals surface area contributed by atoms with Crippen LogP contribution in [0, 0.1) is 23.2 Å².